The van der Waals surface area contributed by atoms with Crippen molar-refractivity contribution in [3.63, 3.8) is 0 Å². The van der Waals surface area contributed by atoms with Crippen molar-refractivity contribution in [2.24, 2.45) is 11.1 Å². The van der Waals surface area contributed by atoms with Crippen LogP contribution in [-0.4, -0.2) is 54.0 Å². The second-order valence-corrected chi connectivity index (χ2v) is 6.64. The van der Waals surface area contributed by atoms with Gasteiger partial charge in [0.25, 0.3) is 0 Å². The third kappa shape index (κ3) is 3.48. The van der Waals surface area contributed by atoms with Gasteiger partial charge in [-0.1, -0.05) is 13.8 Å². The van der Waals surface area contributed by atoms with E-state index in [1.54, 1.807) is 0 Å². The van der Waals surface area contributed by atoms with Crippen LogP contribution in [0.15, 0.2) is 0 Å². The average Bonchev–Trinajstić information content (AvgIpc) is 2.40. The Labute approximate surface area is 118 Å². The molecule has 2 N–H and O–H groups in total. The molecule has 112 valence electrons. The number of rotatable bonds is 4. The van der Waals surface area contributed by atoms with E-state index in [-0.39, 0.29) is 16.9 Å². The number of nitrogens with two attached hydrogens (primary N) is 1. The highest BCUT2D eigenvalue weighted by molar-refractivity contribution is 5.83. The van der Waals surface area contributed by atoms with Crippen molar-refractivity contribution < 1.29 is 4.79 Å². The molecule has 0 unspecified atom stereocenters. The molecular formula is C15H31N3O. The van der Waals surface area contributed by atoms with Crippen LogP contribution in [0.4, 0.5) is 0 Å². The van der Waals surface area contributed by atoms with Crippen LogP contribution >= 0.6 is 0 Å². The van der Waals surface area contributed by atoms with Crippen LogP contribution in [0.5, 0.6) is 0 Å². The maximum Gasteiger partial charge on any atom is 0.230 e. The lowest BCUT2D eigenvalue weighted by molar-refractivity contribution is -0.144. The van der Waals surface area contributed by atoms with Crippen LogP contribution in [0.2, 0.25) is 0 Å². The quantitative estimate of drug-likeness (QED) is 0.845. The van der Waals surface area contributed by atoms with E-state index < -0.39 is 0 Å². The van der Waals surface area contributed by atoms with Gasteiger partial charge in [0.05, 0.1) is 5.41 Å². The Morgan fingerprint density at radius 2 is 1.53 bits per heavy atom. The van der Waals surface area contributed by atoms with Gasteiger partial charge in [-0.05, 0) is 33.6 Å². The van der Waals surface area contributed by atoms with Crippen molar-refractivity contribution in [2.45, 2.75) is 53.0 Å². The van der Waals surface area contributed by atoms with Gasteiger partial charge in [0, 0.05) is 38.3 Å². The molecule has 0 aromatic rings. The molecule has 1 aliphatic heterocycles. The van der Waals surface area contributed by atoms with E-state index in [1.165, 1.54) is 0 Å². The minimum Gasteiger partial charge on any atom is -0.340 e. The van der Waals surface area contributed by atoms with Gasteiger partial charge in [0.15, 0.2) is 0 Å². The summed E-state index contributed by atoms with van der Waals surface area (Å²) >= 11 is 0. The molecule has 0 radical (unpaired) electrons. The number of nitrogens with zero attached hydrogens (tertiary/aromatic N) is 2. The maximum absolute atomic E-state index is 12.7. The molecule has 0 saturated carbocycles. The Morgan fingerprint density at radius 3 is 1.84 bits per heavy atom. The van der Waals surface area contributed by atoms with Gasteiger partial charge in [0.2, 0.25) is 5.91 Å². The maximum atomic E-state index is 12.7. The fraction of sp³-hybridized carbons (Fsp3) is 0.933. The number of carbonyl (C=O) groups is 1. The Morgan fingerprint density at radius 1 is 1.05 bits per heavy atom. The summed E-state index contributed by atoms with van der Waals surface area (Å²) in [6, 6.07) is 0. The highest BCUT2D eigenvalue weighted by atomic mass is 16.2. The second-order valence-electron chi connectivity index (χ2n) is 6.64. The molecule has 1 rings (SSSR count). The summed E-state index contributed by atoms with van der Waals surface area (Å²) in [6.07, 6.45) is 1.66. The largest absolute Gasteiger partial charge is 0.340 e. The molecule has 1 aliphatic rings. The lowest BCUT2D eigenvalue weighted by atomic mass is 9.80. The predicted molar refractivity (Wildman–Crippen MR) is 80.0 cm³/mol. The van der Waals surface area contributed by atoms with Gasteiger partial charge in [-0.25, -0.2) is 0 Å². The zero-order valence-corrected chi connectivity index (χ0v) is 13.3. The third-order valence-corrected chi connectivity index (χ3v) is 4.71. The van der Waals surface area contributed by atoms with Crippen molar-refractivity contribution in [1.29, 1.82) is 0 Å². The van der Waals surface area contributed by atoms with Crippen LogP contribution in [0, 0.1) is 5.41 Å². The van der Waals surface area contributed by atoms with E-state index in [0.717, 1.165) is 39.0 Å². The normalized spacial score (nSPS) is 18.7. The lowest BCUT2D eigenvalue weighted by Crippen LogP contribution is -2.58. The fourth-order valence-electron chi connectivity index (χ4n) is 2.84. The monoisotopic (exact) mass is 269 g/mol. The van der Waals surface area contributed by atoms with Gasteiger partial charge < -0.3 is 10.6 Å². The molecule has 0 bridgehead atoms. The van der Waals surface area contributed by atoms with Crippen molar-refractivity contribution in [3.05, 3.63) is 0 Å². The average molecular weight is 269 g/mol. The van der Waals surface area contributed by atoms with Crippen LogP contribution in [0.3, 0.4) is 0 Å². The van der Waals surface area contributed by atoms with E-state index in [4.69, 9.17) is 5.73 Å². The third-order valence-electron chi connectivity index (χ3n) is 4.71. The van der Waals surface area contributed by atoms with E-state index in [2.05, 4.69) is 39.5 Å². The first-order valence-electron chi connectivity index (χ1n) is 7.55. The van der Waals surface area contributed by atoms with Gasteiger partial charge in [0.1, 0.15) is 0 Å². The van der Waals surface area contributed by atoms with Crippen molar-refractivity contribution in [2.75, 3.05) is 32.7 Å². The number of hydrogen-bond donors (Lipinski definition) is 1. The van der Waals surface area contributed by atoms with Crippen LogP contribution in [0.1, 0.15) is 47.5 Å². The van der Waals surface area contributed by atoms with Crippen molar-refractivity contribution in [3.8, 4) is 0 Å². The van der Waals surface area contributed by atoms with Gasteiger partial charge in [-0.15, -0.1) is 0 Å². The van der Waals surface area contributed by atoms with E-state index in [1.807, 2.05) is 4.90 Å². The van der Waals surface area contributed by atoms with Crippen molar-refractivity contribution >= 4 is 5.91 Å². The number of hydrogen-bond acceptors (Lipinski definition) is 3. The molecule has 19 heavy (non-hydrogen) atoms. The summed E-state index contributed by atoms with van der Waals surface area (Å²) in [4.78, 5) is 17.2. The van der Waals surface area contributed by atoms with Crippen LogP contribution in [-0.2, 0) is 4.79 Å². The Balaban J connectivity index is 2.67. The van der Waals surface area contributed by atoms with Gasteiger partial charge in [-0.3, -0.25) is 9.69 Å². The summed E-state index contributed by atoms with van der Waals surface area (Å²) in [7, 11) is 0. The summed E-state index contributed by atoms with van der Waals surface area (Å²) in [6.45, 7) is 14.9. The van der Waals surface area contributed by atoms with E-state index in [0.29, 0.717) is 6.54 Å². The molecule has 0 atom stereocenters. The molecule has 0 spiro atoms. The zero-order valence-electron chi connectivity index (χ0n) is 13.3. The molecule has 4 nitrogen and oxygen atoms in total. The minimum absolute atomic E-state index is 0.190. The topological polar surface area (TPSA) is 49.6 Å². The molecular weight excluding hydrogens is 238 g/mol. The second kappa shape index (κ2) is 6.23. The molecule has 0 aromatic carbocycles. The molecule has 0 aliphatic carbocycles. The lowest BCUT2D eigenvalue weighted by Gasteiger charge is -2.44. The Hall–Kier alpha value is -0.610. The van der Waals surface area contributed by atoms with Gasteiger partial charge >= 0.3 is 0 Å². The first-order valence-corrected chi connectivity index (χ1v) is 7.55. The predicted octanol–water partition coefficient (Wildman–Crippen LogP) is 1.69. The standard InChI is InChI=1S/C15H31N3O/c1-6-15(7-2,12-16)13(19)17-8-10-18(11-9-17)14(3,4)5/h6-12,16H2,1-5H3. The van der Waals surface area contributed by atoms with Crippen LogP contribution in [0.25, 0.3) is 0 Å². The minimum atomic E-state index is -0.343. The highest BCUT2D eigenvalue weighted by Gasteiger charge is 2.38. The molecule has 1 fully saturated rings. The number of carbonyl (C=O) groups excluding carboxylic acids is 1. The Kier molecular flexibility index (Phi) is 5.39. The van der Waals surface area contributed by atoms with E-state index in [9.17, 15) is 4.79 Å². The van der Waals surface area contributed by atoms with Crippen molar-refractivity contribution in [1.82, 2.24) is 9.80 Å². The number of amides is 1. The first-order chi connectivity index (χ1) is 8.80. The highest BCUT2D eigenvalue weighted by Crippen LogP contribution is 2.28. The molecule has 0 aromatic heterocycles. The first kappa shape index (κ1) is 16.4. The number of piperazine rings is 1. The molecule has 1 heterocycles. The van der Waals surface area contributed by atoms with E-state index >= 15 is 0 Å². The van der Waals surface area contributed by atoms with Gasteiger partial charge in [-0.2, -0.15) is 0 Å². The SMILES string of the molecule is CCC(CC)(CN)C(=O)N1CCN(C(C)(C)C)CC1. The summed E-state index contributed by atoms with van der Waals surface area (Å²) in [5.41, 5.74) is 5.72. The summed E-state index contributed by atoms with van der Waals surface area (Å²) < 4.78 is 0. The Bertz CT molecular complexity index is 289. The van der Waals surface area contributed by atoms with Crippen LogP contribution < -0.4 is 5.73 Å². The zero-order chi connectivity index (χ0) is 14.7. The molecule has 1 amide bonds. The fourth-order valence-corrected chi connectivity index (χ4v) is 2.84. The molecule has 1 saturated heterocycles. The summed E-state index contributed by atoms with van der Waals surface area (Å²) in [5, 5.41) is 0. The smallest absolute Gasteiger partial charge is 0.230 e. The molecule has 4 heteroatoms. The summed E-state index contributed by atoms with van der Waals surface area (Å²) in [5.74, 6) is 0.258.